The van der Waals surface area contributed by atoms with Gasteiger partial charge in [-0.1, -0.05) is 35.5 Å². The molecule has 0 radical (unpaired) electrons. The van der Waals surface area contributed by atoms with E-state index in [4.69, 9.17) is 17.3 Å². The van der Waals surface area contributed by atoms with Crippen molar-refractivity contribution < 1.29 is 4.39 Å². The van der Waals surface area contributed by atoms with E-state index in [1.807, 2.05) is 11.4 Å². The molecule has 2 N–H and O–H groups in total. The van der Waals surface area contributed by atoms with E-state index in [0.717, 1.165) is 10.2 Å². The van der Waals surface area contributed by atoms with Crippen LogP contribution in [-0.4, -0.2) is 9.97 Å². The fraction of sp³-hybridized carbons (Fsp3) is 0.0769. The van der Waals surface area contributed by atoms with Gasteiger partial charge in [0.05, 0.1) is 10.4 Å². The van der Waals surface area contributed by atoms with Crippen LogP contribution in [0.5, 0.6) is 0 Å². The van der Waals surface area contributed by atoms with Crippen molar-refractivity contribution in [2.75, 3.05) is 5.73 Å². The number of thiophene rings is 1. The van der Waals surface area contributed by atoms with Crippen LogP contribution in [0.2, 0.25) is 5.02 Å². The number of thioether (sulfide) groups is 1. The Balaban J connectivity index is 1.84. The van der Waals surface area contributed by atoms with E-state index < -0.39 is 5.82 Å². The number of nitrogens with zero attached hydrogens (tertiary/aromatic N) is 2. The molecular formula is C13H9ClFN3S2. The van der Waals surface area contributed by atoms with Gasteiger partial charge in [-0.25, -0.2) is 14.4 Å². The van der Waals surface area contributed by atoms with Crippen molar-refractivity contribution in [3.05, 3.63) is 46.0 Å². The van der Waals surface area contributed by atoms with Gasteiger partial charge in [-0.05, 0) is 23.1 Å². The summed E-state index contributed by atoms with van der Waals surface area (Å²) in [6.07, 6.45) is 0. The average molecular weight is 326 g/mol. The quantitative estimate of drug-likeness (QED) is 0.574. The molecule has 0 atom stereocenters. The first-order valence-electron chi connectivity index (χ1n) is 5.71. The van der Waals surface area contributed by atoms with Crippen LogP contribution in [0, 0.1) is 5.82 Å². The van der Waals surface area contributed by atoms with Crippen molar-refractivity contribution in [2.24, 2.45) is 0 Å². The third kappa shape index (κ3) is 2.59. The number of nitrogen functional groups attached to an aromatic ring is 1. The number of hydrogen-bond acceptors (Lipinski definition) is 5. The van der Waals surface area contributed by atoms with Gasteiger partial charge in [-0.3, -0.25) is 0 Å². The predicted molar refractivity (Wildman–Crippen MR) is 82.8 cm³/mol. The van der Waals surface area contributed by atoms with E-state index in [2.05, 4.69) is 9.97 Å². The van der Waals surface area contributed by atoms with Crippen molar-refractivity contribution in [1.29, 1.82) is 0 Å². The lowest BCUT2D eigenvalue weighted by Gasteiger charge is -2.04. The minimum absolute atomic E-state index is 0.122. The van der Waals surface area contributed by atoms with E-state index in [0.29, 0.717) is 22.3 Å². The number of hydrogen-bond donors (Lipinski definition) is 1. The molecule has 1 aromatic carbocycles. The number of fused-ring (bicyclic) bond motifs is 1. The van der Waals surface area contributed by atoms with Gasteiger partial charge in [0.1, 0.15) is 16.5 Å². The lowest BCUT2D eigenvalue weighted by atomic mass is 10.2. The van der Waals surface area contributed by atoms with Crippen LogP contribution in [0.25, 0.3) is 10.2 Å². The summed E-state index contributed by atoms with van der Waals surface area (Å²) in [7, 11) is 0. The number of aromatic nitrogens is 2. The molecule has 2 heterocycles. The second-order valence-electron chi connectivity index (χ2n) is 4.03. The number of halogens is 2. The Hall–Kier alpha value is -1.37. The van der Waals surface area contributed by atoms with E-state index in [9.17, 15) is 4.39 Å². The summed E-state index contributed by atoms with van der Waals surface area (Å²) in [5.41, 5.74) is 6.40. The van der Waals surface area contributed by atoms with Crippen LogP contribution in [0.3, 0.4) is 0 Å². The maximum atomic E-state index is 13.8. The smallest absolute Gasteiger partial charge is 0.191 e. The Labute approximate surface area is 128 Å². The minimum atomic E-state index is -0.396. The molecule has 0 aliphatic heterocycles. The van der Waals surface area contributed by atoms with Crippen molar-refractivity contribution >= 4 is 50.7 Å². The molecule has 0 saturated carbocycles. The van der Waals surface area contributed by atoms with Crippen molar-refractivity contribution in [3.8, 4) is 0 Å². The standard InChI is InChI=1S/C13H9ClFN3S2/c14-9-3-1-2-7(10(9)15)6-20-13-17-11(16)8-4-5-19-12(8)18-13/h1-5H,6H2,(H2,16,17,18). The molecule has 3 aromatic rings. The second kappa shape index (κ2) is 5.55. The highest BCUT2D eigenvalue weighted by Gasteiger charge is 2.10. The highest BCUT2D eigenvalue weighted by atomic mass is 35.5. The third-order valence-corrected chi connectivity index (χ3v) is 4.72. The highest BCUT2D eigenvalue weighted by Crippen LogP contribution is 2.29. The maximum Gasteiger partial charge on any atom is 0.191 e. The fourth-order valence-corrected chi connectivity index (χ4v) is 3.57. The summed E-state index contributed by atoms with van der Waals surface area (Å²) in [6, 6.07) is 6.83. The molecule has 3 nitrogen and oxygen atoms in total. The van der Waals surface area contributed by atoms with Crippen LogP contribution in [-0.2, 0) is 5.75 Å². The fourth-order valence-electron chi connectivity index (χ4n) is 1.72. The van der Waals surface area contributed by atoms with Gasteiger partial charge in [0.2, 0.25) is 0 Å². The summed E-state index contributed by atoms with van der Waals surface area (Å²) >= 11 is 8.59. The topological polar surface area (TPSA) is 51.8 Å². The van der Waals surface area contributed by atoms with Crippen LogP contribution < -0.4 is 5.73 Å². The molecule has 0 bridgehead atoms. The molecule has 0 spiro atoms. The van der Waals surface area contributed by atoms with Crippen molar-refractivity contribution in [1.82, 2.24) is 9.97 Å². The van der Waals surface area contributed by atoms with Crippen molar-refractivity contribution in [3.63, 3.8) is 0 Å². The Bertz CT molecular complexity index is 775. The highest BCUT2D eigenvalue weighted by molar-refractivity contribution is 7.98. The van der Waals surface area contributed by atoms with Crippen LogP contribution in [0.4, 0.5) is 10.2 Å². The summed E-state index contributed by atoms with van der Waals surface area (Å²) in [5, 5.41) is 3.43. The predicted octanol–water partition coefficient (Wildman–Crippen LogP) is 4.36. The van der Waals surface area contributed by atoms with Gasteiger partial charge in [0.15, 0.2) is 5.16 Å². The molecule has 0 fully saturated rings. The Morgan fingerprint density at radius 1 is 1.30 bits per heavy atom. The number of rotatable bonds is 3. The maximum absolute atomic E-state index is 13.8. The lowest BCUT2D eigenvalue weighted by molar-refractivity contribution is 0.617. The zero-order valence-electron chi connectivity index (χ0n) is 10.1. The minimum Gasteiger partial charge on any atom is -0.383 e. The lowest BCUT2D eigenvalue weighted by Crippen LogP contribution is -1.96. The van der Waals surface area contributed by atoms with E-state index in [1.54, 1.807) is 12.1 Å². The van der Waals surface area contributed by atoms with Crippen LogP contribution in [0.1, 0.15) is 5.56 Å². The third-order valence-electron chi connectivity index (χ3n) is 2.72. The van der Waals surface area contributed by atoms with E-state index in [-0.39, 0.29) is 5.02 Å². The largest absolute Gasteiger partial charge is 0.383 e. The zero-order chi connectivity index (χ0) is 14.1. The first-order valence-corrected chi connectivity index (χ1v) is 7.96. The monoisotopic (exact) mass is 325 g/mol. The second-order valence-corrected chi connectivity index (χ2v) is 6.28. The van der Waals surface area contributed by atoms with Gasteiger partial charge >= 0.3 is 0 Å². The van der Waals surface area contributed by atoms with Gasteiger partial charge in [0.25, 0.3) is 0 Å². The van der Waals surface area contributed by atoms with Gasteiger partial charge < -0.3 is 5.73 Å². The van der Waals surface area contributed by atoms with Gasteiger partial charge in [-0.15, -0.1) is 11.3 Å². The summed E-state index contributed by atoms with van der Waals surface area (Å²) in [6.45, 7) is 0. The molecular weight excluding hydrogens is 317 g/mol. The normalized spacial score (nSPS) is 11.1. The van der Waals surface area contributed by atoms with Crippen LogP contribution >= 0.6 is 34.7 Å². The van der Waals surface area contributed by atoms with E-state index >= 15 is 0 Å². The molecule has 0 unspecified atom stereocenters. The number of nitrogens with two attached hydrogens (primary N) is 1. The molecule has 20 heavy (non-hydrogen) atoms. The first kappa shape index (κ1) is 13.6. The van der Waals surface area contributed by atoms with Gasteiger partial charge in [-0.2, -0.15) is 0 Å². The molecule has 7 heteroatoms. The van der Waals surface area contributed by atoms with Crippen LogP contribution in [0.15, 0.2) is 34.8 Å². The molecule has 0 aliphatic carbocycles. The molecule has 0 aliphatic rings. The molecule has 0 amide bonds. The number of anilines is 1. The summed E-state index contributed by atoms with van der Waals surface area (Å²) in [4.78, 5) is 9.46. The first-order chi connectivity index (χ1) is 9.65. The number of benzene rings is 1. The van der Waals surface area contributed by atoms with Crippen molar-refractivity contribution in [2.45, 2.75) is 10.9 Å². The SMILES string of the molecule is Nc1nc(SCc2cccc(Cl)c2F)nc2sccc12. The average Bonchev–Trinajstić information content (AvgIpc) is 2.89. The Morgan fingerprint density at radius 2 is 2.15 bits per heavy atom. The molecule has 3 rings (SSSR count). The Morgan fingerprint density at radius 3 is 3.00 bits per heavy atom. The molecule has 2 aromatic heterocycles. The van der Waals surface area contributed by atoms with Gasteiger partial charge in [0, 0.05) is 5.75 Å². The van der Waals surface area contributed by atoms with E-state index in [1.165, 1.54) is 29.2 Å². The Kier molecular flexibility index (Phi) is 3.78. The summed E-state index contributed by atoms with van der Waals surface area (Å²) < 4.78 is 13.8. The summed E-state index contributed by atoms with van der Waals surface area (Å²) in [5.74, 6) is 0.458. The molecule has 102 valence electrons. The zero-order valence-corrected chi connectivity index (χ0v) is 12.5. The molecule has 0 saturated heterocycles.